The van der Waals surface area contributed by atoms with Crippen LogP contribution in [0.2, 0.25) is 0 Å². The molecule has 2 rings (SSSR count). The summed E-state index contributed by atoms with van der Waals surface area (Å²) in [5.74, 6) is 0.634. The second-order valence-corrected chi connectivity index (χ2v) is 8.13. The summed E-state index contributed by atoms with van der Waals surface area (Å²) in [6.45, 7) is 0.467. The molecule has 0 radical (unpaired) electrons. The summed E-state index contributed by atoms with van der Waals surface area (Å²) in [7, 11) is -3.26. The third-order valence-corrected chi connectivity index (χ3v) is 6.17. The van der Waals surface area contributed by atoms with Gasteiger partial charge < -0.3 is 0 Å². The van der Waals surface area contributed by atoms with Crippen LogP contribution < -0.4 is 4.72 Å². The number of hydrogen-bond acceptors (Lipinski definition) is 3. The lowest BCUT2D eigenvalue weighted by Crippen LogP contribution is -2.41. The Morgan fingerprint density at radius 2 is 1.86 bits per heavy atom. The first-order valence-corrected chi connectivity index (χ1v) is 9.66. The Balaban J connectivity index is 1.85. The van der Waals surface area contributed by atoms with Crippen LogP contribution in [0.15, 0.2) is 24.5 Å². The number of hydrogen-bond donors (Lipinski definition) is 1. The molecular formula is C15H23ClN2O2S. The van der Waals surface area contributed by atoms with E-state index in [4.69, 9.17) is 11.6 Å². The number of aromatic nitrogens is 1. The van der Waals surface area contributed by atoms with Gasteiger partial charge in [0.15, 0.2) is 0 Å². The molecule has 0 unspecified atom stereocenters. The summed E-state index contributed by atoms with van der Waals surface area (Å²) in [4.78, 5) is 3.93. The van der Waals surface area contributed by atoms with Gasteiger partial charge in [-0.05, 0) is 42.4 Å². The first-order chi connectivity index (χ1) is 10.1. The van der Waals surface area contributed by atoms with Crippen molar-refractivity contribution in [1.82, 2.24) is 9.71 Å². The number of nitrogens with zero attached hydrogens (tertiary/aromatic N) is 1. The van der Waals surface area contributed by atoms with Crippen molar-refractivity contribution < 1.29 is 8.42 Å². The third-order valence-electron chi connectivity index (χ3n) is 4.27. The van der Waals surface area contributed by atoms with Crippen molar-refractivity contribution in [1.29, 1.82) is 0 Å². The monoisotopic (exact) mass is 330 g/mol. The summed E-state index contributed by atoms with van der Waals surface area (Å²) in [6, 6.07) is 3.69. The molecule has 0 bridgehead atoms. The molecule has 1 saturated carbocycles. The van der Waals surface area contributed by atoms with Crippen LogP contribution in [-0.4, -0.2) is 31.6 Å². The highest BCUT2D eigenvalue weighted by molar-refractivity contribution is 7.89. The number of sulfonamides is 1. The Morgan fingerprint density at radius 3 is 2.48 bits per heavy atom. The molecule has 0 saturated heterocycles. The molecule has 0 atom stereocenters. The van der Waals surface area contributed by atoms with Crippen molar-refractivity contribution in [2.45, 2.75) is 38.5 Å². The summed E-state index contributed by atoms with van der Waals surface area (Å²) in [6.07, 6.45) is 9.42. The Bertz CT molecular complexity index is 528. The number of nitrogens with one attached hydrogen (secondary N) is 1. The summed E-state index contributed by atoms with van der Waals surface area (Å²) in [5.41, 5.74) is 0.934. The fourth-order valence-corrected chi connectivity index (χ4v) is 4.33. The summed E-state index contributed by atoms with van der Waals surface area (Å²) >= 11 is 6.10. The van der Waals surface area contributed by atoms with Crippen LogP contribution in [0, 0.1) is 5.41 Å². The van der Waals surface area contributed by atoms with E-state index in [1.54, 1.807) is 12.4 Å². The molecule has 1 aromatic heterocycles. The Kier molecular flexibility index (Phi) is 6.02. The van der Waals surface area contributed by atoms with E-state index >= 15 is 0 Å². The molecule has 1 aromatic rings. The summed E-state index contributed by atoms with van der Waals surface area (Å²) < 4.78 is 27.0. The summed E-state index contributed by atoms with van der Waals surface area (Å²) in [5, 5.41) is 0. The van der Waals surface area contributed by atoms with E-state index in [1.165, 1.54) is 6.42 Å². The van der Waals surface area contributed by atoms with Gasteiger partial charge in [0.25, 0.3) is 0 Å². The van der Waals surface area contributed by atoms with E-state index in [9.17, 15) is 8.42 Å². The quantitative estimate of drug-likeness (QED) is 0.782. The van der Waals surface area contributed by atoms with Crippen molar-refractivity contribution in [2.24, 2.45) is 5.41 Å². The van der Waals surface area contributed by atoms with Crippen molar-refractivity contribution >= 4 is 21.6 Å². The van der Waals surface area contributed by atoms with Gasteiger partial charge in [-0.1, -0.05) is 19.3 Å². The van der Waals surface area contributed by atoms with E-state index in [2.05, 4.69) is 9.71 Å². The highest BCUT2D eigenvalue weighted by Crippen LogP contribution is 2.36. The normalized spacial score (nSPS) is 18.5. The molecule has 4 nitrogen and oxygen atoms in total. The van der Waals surface area contributed by atoms with E-state index in [1.807, 2.05) is 12.1 Å². The van der Waals surface area contributed by atoms with Crippen LogP contribution in [0.1, 0.15) is 37.7 Å². The smallest absolute Gasteiger partial charge is 0.211 e. The molecule has 0 amide bonds. The maximum atomic E-state index is 12.1. The minimum absolute atomic E-state index is 0.0520. The number of rotatable bonds is 7. The molecule has 0 aromatic carbocycles. The first-order valence-electron chi connectivity index (χ1n) is 7.48. The molecule has 0 aliphatic heterocycles. The topological polar surface area (TPSA) is 59.1 Å². The molecule has 6 heteroatoms. The van der Waals surface area contributed by atoms with Crippen LogP contribution in [0.3, 0.4) is 0 Å². The van der Waals surface area contributed by atoms with E-state index in [0.717, 1.165) is 31.2 Å². The zero-order valence-corrected chi connectivity index (χ0v) is 13.8. The Morgan fingerprint density at radius 1 is 1.19 bits per heavy atom. The highest BCUT2D eigenvalue weighted by atomic mass is 35.5. The number of pyridine rings is 1. The van der Waals surface area contributed by atoms with Crippen LogP contribution in [0.5, 0.6) is 0 Å². The maximum absolute atomic E-state index is 12.1. The minimum atomic E-state index is -3.26. The van der Waals surface area contributed by atoms with Gasteiger partial charge in [0, 0.05) is 24.8 Å². The van der Waals surface area contributed by atoms with Crippen LogP contribution in [0.25, 0.3) is 0 Å². The van der Waals surface area contributed by atoms with Crippen molar-refractivity contribution in [3.05, 3.63) is 30.1 Å². The predicted octanol–water partition coefficient (Wildman–Crippen LogP) is 2.73. The van der Waals surface area contributed by atoms with Gasteiger partial charge in [-0.15, -0.1) is 11.6 Å². The molecule has 1 aliphatic carbocycles. The van der Waals surface area contributed by atoms with E-state index in [0.29, 0.717) is 18.8 Å². The van der Waals surface area contributed by atoms with Gasteiger partial charge in [-0.3, -0.25) is 4.98 Å². The van der Waals surface area contributed by atoms with Crippen molar-refractivity contribution in [2.75, 3.05) is 18.2 Å². The standard InChI is InChI=1S/C15H23ClN2O2S/c16-12-15(7-2-1-3-8-15)13-18-21(19,20)11-6-14-4-9-17-10-5-14/h4-5,9-10,18H,1-3,6-8,11-13H2. The Labute approximate surface area is 132 Å². The van der Waals surface area contributed by atoms with Gasteiger partial charge in [0.1, 0.15) is 0 Å². The lowest BCUT2D eigenvalue weighted by Gasteiger charge is -2.35. The van der Waals surface area contributed by atoms with Crippen LogP contribution in [-0.2, 0) is 16.4 Å². The van der Waals surface area contributed by atoms with E-state index in [-0.39, 0.29) is 11.2 Å². The number of alkyl halides is 1. The fourth-order valence-electron chi connectivity index (χ4n) is 2.80. The van der Waals surface area contributed by atoms with Gasteiger partial charge >= 0.3 is 0 Å². The van der Waals surface area contributed by atoms with Gasteiger partial charge in [0.05, 0.1) is 5.75 Å². The number of halogens is 1. The van der Waals surface area contributed by atoms with Gasteiger partial charge in [0.2, 0.25) is 10.0 Å². The number of aryl methyl sites for hydroxylation is 1. The zero-order valence-electron chi connectivity index (χ0n) is 12.2. The van der Waals surface area contributed by atoms with Crippen LogP contribution >= 0.6 is 11.6 Å². The average Bonchev–Trinajstić information content (AvgIpc) is 2.53. The lowest BCUT2D eigenvalue weighted by atomic mass is 9.76. The second kappa shape index (κ2) is 7.56. The third kappa shape index (κ3) is 5.24. The fraction of sp³-hybridized carbons (Fsp3) is 0.667. The second-order valence-electron chi connectivity index (χ2n) is 5.94. The molecule has 1 fully saturated rings. The molecule has 118 valence electrons. The molecule has 1 heterocycles. The molecule has 1 N–H and O–H groups in total. The average molecular weight is 331 g/mol. The van der Waals surface area contributed by atoms with Crippen molar-refractivity contribution in [3.63, 3.8) is 0 Å². The minimum Gasteiger partial charge on any atom is -0.265 e. The molecule has 1 aliphatic rings. The van der Waals surface area contributed by atoms with Gasteiger partial charge in [-0.25, -0.2) is 13.1 Å². The highest BCUT2D eigenvalue weighted by Gasteiger charge is 2.32. The van der Waals surface area contributed by atoms with Crippen molar-refractivity contribution in [3.8, 4) is 0 Å². The lowest BCUT2D eigenvalue weighted by molar-refractivity contribution is 0.223. The predicted molar refractivity (Wildman–Crippen MR) is 86.0 cm³/mol. The van der Waals surface area contributed by atoms with Crippen LogP contribution in [0.4, 0.5) is 0 Å². The van der Waals surface area contributed by atoms with Gasteiger partial charge in [-0.2, -0.15) is 0 Å². The molecular weight excluding hydrogens is 308 g/mol. The Hall–Kier alpha value is -0.650. The molecule has 21 heavy (non-hydrogen) atoms. The maximum Gasteiger partial charge on any atom is 0.211 e. The first kappa shape index (κ1) is 16.7. The largest absolute Gasteiger partial charge is 0.265 e. The molecule has 0 spiro atoms. The SMILES string of the molecule is O=S(=O)(CCc1ccncc1)NCC1(CCl)CCCCC1. The van der Waals surface area contributed by atoms with E-state index < -0.39 is 10.0 Å². The zero-order chi connectivity index (χ0) is 15.2.